The Kier molecular flexibility index (Phi) is 44.9. The molecule has 0 rings (SSSR count). The molecule has 0 N–H and O–H groups in total. The molecule has 0 aliphatic carbocycles. The van der Waals surface area contributed by atoms with Crippen molar-refractivity contribution in [2.24, 2.45) is 17.8 Å². The second kappa shape index (κ2) is 35.1. The highest BCUT2D eigenvalue weighted by atomic mass is 32.2. The second-order valence-electron chi connectivity index (χ2n) is 13.7. The first-order valence-electron chi connectivity index (χ1n) is 16.8. The van der Waals surface area contributed by atoms with Crippen molar-refractivity contribution in [3.63, 3.8) is 0 Å². The van der Waals surface area contributed by atoms with Gasteiger partial charge in [0.2, 0.25) is 11.8 Å². The fraction of sp³-hybridized carbons (Fsp3) is 0.917. The quantitative estimate of drug-likeness (QED) is 0.201. The zero-order valence-electron chi connectivity index (χ0n) is 35.2. The van der Waals surface area contributed by atoms with Crippen LogP contribution in [0.3, 0.4) is 0 Å². The maximum absolute atomic E-state index is 11.0. The lowest BCUT2D eigenvalue weighted by Crippen LogP contribution is -2.35. The lowest BCUT2D eigenvalue weighted by atomic mass is 10.2. The van der Waals surface area contributed by atoms with Crippen molar-refractivity contribution in [3.05, 3.63) is 0 Å². The molecule has 0 atom stereocenters. The molecular formula is C36H85N5O6S. The van der Waals surface area contributed by atoms with Gasteiger partial charge in [-0.2, -0.15) is 0 Å². The van der Waals surface area contributed by atoms with Crippen LogP contribution in [0, 0.1) is 17.8 Å². The summed E-state index contributed by atoms with van der Waals surface area (Å²) in [4.78, 5) is 42.1. The van der Waals surface area contributed by atoms with E-state index in [1.807, 2.05) is 41.7 Å². The van der Waals surface area contributed by atoms with Crippen LogP contribution in [0.25, 0.3) is 0 Å². The van der Waals surface area contributed by atoms with Crippen molar-refractivity contribution in [1.29, 1.82) is 0 Å². The van der Waals surface area contributed by atoms with Crippen LogP contribution in [0.4, 0.5) is 0 Å². The highest BCUT2D eigenvalue weighted by Gasteiger charge is 2.10. The fourth-order valence-electron chi connectivity index (χ4n) is 2.32. The number of amides is 2. The molecule has 0 unspecified atom stereocenters. The molecule has 2 amide bonds. The molecule has 0 fully saturated rings. The van der Waals surface area contributed by atoms with Gasteiger partial charge in [-0.1, -0.05) is 55.9 Å². The van der Waals surface area contributed by atoms with Crippen LogP contribution < -0.4 is 0 Å². The van der Waals surface area contributed by atoms with Crippen molar-refractivity contribution < 1.29 is 27.5 Å². The zero-order valence-corrected chi connectivity index (χ0v) is 36.0. The van der Waals surface area contributed by atoms with Gasteiger partial charge >= 0.3 is 5.97 Å². The first-order valence-corrected chi connectivity index (χ1v) is 18.7. The number of nitrogens with zero attached hydrogens (tertiary/aromatic N) is 5. The number of carbonyl (C=O) groups excluding carboxylic acids is 3. The second-order valence-corrected chi connectivity index (χ2v) is 16.3. The van der Waals surface area contributed by atoms with Crippen molar-refractivity contribution in [3.8, 4) is 0 Å². The van der Waals surface area contributed by atoms with E-state index in [1.54, 1.807) is 51.6 Å². The van der Waals surface area contributed by atoms with E-state index in [0.29, 0.717) is 12.1 Å². The monoisotopic (exact) mass is 716 g/mol. The summed E-state index contributed by atoms with van der Waals surface area (Å²) in [5.74, 6) is 0.521. The van der Waals surface area contributed by atoms with Crippen molar-refractivity contribution in [2.45, 2.75) is 122 Å². The number of esters is 1. The van der Waals surface area contributed by atoms with Gasteiger partial charge in [0, 0.05) is 64.5 Å². The van der Waals surface area contributed by atoms with E-state index >= 15 is 0 Å². The van der Waals surface area contributed by atoms with Gasteiger partial charge in [0.1, 0.15) is 9.84 Å². The van der Waals surface area contributed by atoms with Crippen molar-refractivity contribution in [2.75, 3.05) is 82.5 Å². The molecule has 0 aliphatic heterocycles. The Balaban J connectivity index is -0.0000000840. The Morgan fingerprint density at radius 3 is 0.979 bits per heavy atom. The summed E-state index contributed by atoms with van der Waals surface area (Å²) in [5.41, 5.74) is 0. The molecule has 0 saturated carbocycles. The predicted octanol–water partition coefficient (Wildman–Crippen LogP) is 5.93. The average Bonchev–Trinajstić information content (AvgIpc) is 2.95. The van der Waals surface area contributed by atoms with E-state index in [4.69, 9.17) is 0 Å². The van der Waals surface area contributed by atoms with Crippen molar-refractivity contribution in [1.82, 2.24) is 24.5 Å². The van der Waals surface area contributed by atoms with Gasteiger partial charge < -0.3 is 19.4 Å². The van der Waals surface area contributed by atoms with Gasteiger partial charge in [0.15, 0.2) is 0 Å². The first-order chi connectivity index (χ1) is 21.0. The van der Waals surface area contributed by atoms with Crippen LogP contribution in [0.1, 0.15) is 104 Å². The van der Waals surface area contributed by atoms with Gasteiger partial charge in [0.05, 0.1) is 18.3 Å². The molecule has 296 valence electrons. The molecule has 0 aromatic heterocycles. The molecule has 48 heavy (non-hydrogen) atoms. The van der Waals surface area contributed by atoms with Crippen LogP contribution in [0.2, 0.25) is 0 Å². The third-order valence-corrected chi connectivity index (χ3v) is 8.29. The number of carbonyl (C=O) groups is 3. The van der Waals surface area contributed by atoms with Crippen LogP contribution in [-0.2, 0) is 29.0 Å². The fourth-order valence-corrected chi connectivity index (χ4v) is 2.32. The average molecular weight is 716 g/mol. The molecule has 0 aromatic rings. The SMILES string of the molecule is C.CC(C)C(=O)N(C)C.CC(C)N(C)CN(C)C.CC(C)S(C)(=O)=O.CCN(C)C(=O)C(C)C.CCN(C)C(C)C.COC(=O)C(C)C. The van der Waals surface area contributed by atoms with Gasteiger partial charge in [0.25, 0.3) is 0 Å². The summed E-state index contributed by atoms with van der Waals surface area (Å²) < 4.78 is 25.0. The summed E-state index contributed by atoms with van der Waals surface area (Å²) in [6.45, 7) is 30.4. The molecule has 0 radical (unpaired) electrons. The molecule has 0 aromatic carbocycles. The van der Waals surface area contributed by atoms with Crippen LogP contribution in [-0.4, -0.2) is 150 Å². The van der Waals surface area contributed by atoms with E-state index in [-0.39, 0.29) is 48.2 Å². The smallest absolute Gasteiger partial charge is 0.308 e. The van der Waals surface area contributed by atoms with E-state index in [1.165, 1.54) is 13.4 Å². The van der Waals surface area contributed by atoms with Gasteiger partial charge in [-0.05, 0) is 83.2 Å². The highest BCUT2D eigenvalue weighted by molar-refractivity contribution is 7.91. The zero-order chi connectivity index (χ0) is 39.4. The molecule has 0 spiro atoms. The Morgan fingerprint density at radius 2 is 0.938 bits per heavy atom. The lowest BCUT2D eigenvalue weighted by molar-refractivity contribution is -0.144. The molecular weight excluding hydrogens is 630 g/mol. The summed E-state index contributed by atoms with van der Waals surface area (Å²) in [7, 11) is 12.4. The summed E-state index contributed by atoms with van der Waals surface area (Å²) in [6.07, 6.45) is 1.23. The predicted molar refractivity (Wildman–Crippen MR) is 210 cm³/mol. The standard InChI is InChI=1S/C7H18N2.C7H15NO.C6H13NO.C6H15N.C5H10O2.C4H10O2S.CH4/c1-7(2)9(5)6-8(3)4;1-5-8(4)7(9)6(2)3;1-5(2)6(8)7(3)4;1-5-7(4)6(2)3;1-4(2)5(6)7-3;1-4(2)7(3,5)6;/h7H,6H2,1-5H3;6H,5H2,1-4H3;5H,1-4H3;6H,5H2,1-4H3;2*4H,1-3H3;1H4. The minimum absolute atomic E-state index is 0. The minimum Gasteiger partial charge on any atom is -0.469 e. The Bertz CT molecular complexity index is 849. The third-order valence-electron chi connectivity index (χ3n) is 6.58. The normalized spacial score (nSPS) is 10.5. The highest BCUT2D eigenvalue weighted by Crippen LogP contribution is 1.97. The molecule has 0 heterocycles. The number of hydrogen-bond donors (Lipinski definition) is 0. The lowest BCUT2D eigenvalue weighted by Gasteiger charge is -2.24. The number of sulfone groups is 1. The summed E-state index contributed by atoms with van der Waals surface area (Å²) in [5, 5.41) is -0.229. The Labute approximate surface area is 301 Å². The van der Waals surface area contributed by atoms with Gasteiger partial charge in [-0.3, -0.25) is 24.2 Å². The maximum Gasteiger partial charge on any atom is 0.308 e. The van der Waals surface area contributed by atoms with Gasteiger partial charge in [-0.15, -0.1) is 0 Å². The maximum atomic E-state index is 11.0. The van der Waals surface area contributed by atoms with E-state index in [0.717, 1.165) is 19.8 Å². The molecule has 12 heteroatoms. The summed E-state index contributed by atoms with van der Waals surface area (Å²) in [6, 6.07) is 1.34. The molecule has 0 aliphatic rings. The van der Waals surface area contributed by atoms with Gasteiger partial charge in [-0.25, -0.2) is 8.42 Å². The summed E-state index contributed by atoms with van der Waals surface area (Å²) >= 11 is 0. The van der Waals surface area contributed by atoms with E-state index in [9.17, 15) is 22.8 Å². The van der Waals surface area contributed by atoms with Crippen LogP contribution >= 0.6 is 0 Å². The molecule has 0 saturated heterocycles. The number of ether oxygens (including phenoxy) is 1. The first kappa shape index (κ1) is 61.5. The topological polar surface area (TPSA) is 111 Å². The number of methoxy groups -OCH3 is 1. The van der Waals surface area contributed by atoms with E-state index in [2.05, 4.69) is 82.2 Å². The molecule has 11 nitrogen and oxygen atoms in total. The number of rotatable bonds is 10. The number of hydrogen-bond acceptors (Lipinski definition) is 9. The largest absolute Gasteiger partial charge is 0.469 e. The van der Waals surface area contributed by atoms with E-state index < -0.39 is 9.84 Å². The minimum atomic E-state index is -2.74. The van der Waals surface area contributed by atoms with Crippen LogP contribution in [0.5, 0.6) is 0 Å². The molecule has 0 bridgehead atoms. The van der Waals surface area contributed by atoms with Crippen molar-refractivity contribution >= 4 is 27.6 Å². The Hall–Kier alpha value is -1.76. The third kappa shape index (κ3) is 46.4. The Morgan fingerprint density at radius 1 is 0.604 bits per heavy atom. The van der Waals surface area contributed by atoms with Crippen LogP contribution in [0.15, 0.2) is 0 Å².